The van der Waals surface area contributed by atoms with Crippen LogP contribution in [0.4, 0.5) is 5.82 Å². The average Bonchev–Trinajstić information content (AvgIpc) is 2.91. The van der Waals surface area contributed by atoms with Gasteiger partial charge in [-0.25, -0.2) is 9.97 Å². The monoisotopic (exact) mass is 302 g/mol. The Bertz CT molecular complexity index is 622. The standard InChI is InChI=1S/C17H26N4O/c1-4-12-9-18-16-15(12)17(20-10-19-16)21-13-5-6-22-14(8-13)7-11(2)3/h9-11,13-14H,4-8H2,1-3H3,(H2,18,19,20,21). The van der Waals surface area contributed by atoms with E-state index in [9.17, 15) is 0 Å². The van der Waals surface area contributed by atoms with E-state index in [1.54, 1.807) is 6.33 Å². The molecule has 5 nitrogen and oxygen atoms in total. The summed E-state index contributed by atoms with van der Waals surface area (Å²) in [6.45, 7) is 7.49. The fraction of sp³-hybridized carbons (Fsp3) is 0.647. The molecule has 2 atom stereocenters. The van der Waals surface area contributed by atoms with Crippen molar-refractivity contribution in [3.8, 4) is 0 Å². The number of ether oxygens (including phenoxy) is 1. The normalized spacial score (nSPS) is 22.4. The van der Waals surface area contributed by atoms with E-state index in [0.29, 0.717) is 18.1 Å². The molecule has 1 aliphatic heterocycles. The number of fused-ring (bicyclic) bond motifs is 1. The zero-order valence-electron chi connectivity index (χ0n) is 13.7. The summed E-state index contributed by atoms with van der Waals surface area (Å²) in [5.74, 6) is 1.63. The second-order valence-electron chi connectivity index (χ2n) is 6.60. The number of nitrogens with zero attached hydrogens (tertiary/aromatic N) is 2. The van der Waals surface area contributed by atoms with Crippen molar-refractivity contribution in [1.82, 2.24) is 15.0 Å². The van der Waals surface area contributed by atoms with Gasteiger partial charge in [0, 0.05) is 18.8 Å². The van der Waals surface area contributed by atoms with Gasteiger partial charge >= 0.3 is 0 Å². The first-order chi connectivity index (χ1) is 10.7. The number of H-pyrrole nitrogens is 1. The summed E-state index contributed by atoms with van der Waals surface area (Å²) in [6, 6.07) is 0.426. The third-order valence-corrected chi connectivity index (χ3v) is 4.37. The second kappa shape index (κ2) is 6.65. The fourth-order valence-corrected chi connectivity index (χ4v) is 3.31. The molecule has 2 N–H and O–H groups in total. The van der Waals surface area contributed by atoms with E-state index in [4.69, 9.17) is 4.74 Å². The lowest BCUT2D eigenvalue weighted by atomic mass is 9.96. The van der Waals surface area contributed by atoms with Crippen LogP contribution in [0.15, 0.2) is 12.5 Å². The fourth-order valence-electron chi connectivity index (χ4n) is 3.31. The van der Waals surface area contributed by atoms with Gasteiger partial charge in [-0.1, -0.05) is 20.8 Å². The molecule has 1 saturated heterocycles. The van der Waals surface area contributed by atoms with Gasteiger partial charge in [0.2, 0.25) is 0 Å². The number of aromatic nitrogens is 3. The van der Waals surface area contributed by atoms with E-state index in [1.165, 1.54) is 5.56 Å². The Labute approximate surface area is 131 Å². The summed E-state index contributed by atoms with van der Waals surface area (Å²) in [5.41, 5.74) is 2.18. The van der Waals surface area contributed by atoms with E-state index in [2.05, 4.69) is 41.0 Å². The quantitative estimate of drug-likeness (QED) is 0.887. The summed E-state index contributed by atoms with van der Waals surface area (Å²) >= 11 is 0. The van der Waals surface area contributed by atoms with E-state index in [-0.39, 0.29) is 0 Å². The van der Waals surface area contributed by atoms with Gasteiger partial charge < -0.3 is 15.0 Å². The highest BCUT2D eigenvalue weighted by atomic mass is 16.5. The Morgan fingerprint density at radius 2 is 2.27 bits per heavy atom. The lowest BCUT2D eigenvalue weighted by molar-refractivity contribution is -0.000562. The second-order valence-corrected chi connectivity index (χ2v) is 6.60. The molecule has 22 heavy (non-hydrogen) atoms. The molecule has 120 valence electrons. The molecule has 0 radical (unpaired) electrons. The van der Waals surface area contributed by atoms with Crippen LogP contribution in [0.5, 0.6) is 0 Å². The van der Waals surface area contributed by atoms with Crippen molar-refractivity contribution >= 4 is 16.9 Å². The summed E-state index contributed by atoms with van der Waals surface area (Å²) in [6.07, 6.45) is 8.22. The van der Waals surface area contributed by atoms with E-state index in [1.807, 2.05) is 6.20 Å². The van der Waals surface area contributed by atoms with E-state index >= 15 is 0 Å². The highest BCUT2D eigenvalue weighted by Gasteiger charge is 2.24. The molecular weight excluding hydrogens is 276 g/mol. The van der Waals surface area contributed by atoms with Gasteiger partial charge in [-0.3, -0.25) is 0 Å². The summed E-state index contributed by atoms with van der Waals surface area (Å²) in [7, 11) is 0. The number of anilines is 1. The number of hydrogen-bond donors (Lipinski definition) is 2. The smallest absolute Gasteiger partial charge is 0.143 e. The predicted octanol–water partition coefficient (Wildman–Crippen LogP) is 3.53. The largest absolute Gasteiger partial charge is 0.378 e. The number of nitrogens with one attached hydrogen (secondary N) is 2. The molecule has 3 rings (SSSR count). The molecule has 1 fully saturated rings. The molecule has 0 saturated carbocycles. The number of aromatic amines is 1. The Kier molecular flexibility index (Phi) is 4.62. The van der Waals surface area contributed by atoms with Crippen molar-refractivity contribution in [2.75, 3.05) is 11.9 Å². The summed E-state index contributed by atoms with van der Waals surface area (Å²) in [4.78, 5) is 12.0. The van der Waals surface area contributed by atoms with Crippen LogP contribution in [0, 0.1) is 5.92 Å². The van der Waals surface area contributed by atoms with Crippen LogP contribution in [-0.4, -0.2) is 33.7 Å². The van der Waals surface area contributed by atoms with Crippen LogP contribution >= 0.6 is 0 Å². The molecule has 2 aromatic rings. The lowest BCUT2D eigenvalue weighted by Crippen LogP contribution is -2.35. The molecule has 0 bridgehead atoms. The van der Waals surface area contributed by atoms with Crippen LogP contribution in [0.1, 0.15) is 45.6 Å². The molecule has 0 spiro atoms. The Balaban J connectivity index is 1.76. The first kappa shape index (κ1) is 15.3. The van der Waals surface area contributed by atoms with Gasteiger partial charge in [-0.05, 0) is 37.2 Å². The van der Waals surface area contributed by atoms with Gasteiger partial charge in [0.15, 0.2) is 0 Å². The minimum Gasteiger partial charge on any atom is -0.378 e. The SMILES string of the molecule is CCc1c[nH]c2ncnc(NC3CCOC(CC(C)C)C3)c12. The van der Waals surface area contributed by atoms with E-state index in [0.717, 1.165) is 49.1 Å². The van der Waals surface area contributed by atoms with Gasteiger partial charge in [0.25, 0.3) is 0 Å². The van der Waals surface area contributed by atoms with Crippen molar-refractivity contribution in [2.45, 2.75) is 58.6 Å². The van der Waals surface area contributed by atoms with Crippen LogP contribution in [0.25, 0.3) is 11.0 Å². The lowest BCUT2D eigenvalue weighted by Gasteiger charge is -2.31. The minimum absolute atomic E-state index is 0.362. The number of hydrogen-bond acceptors (Lipinski definition) is 4. The van der Waals surface area contributed by atoms with Crippen molar-refractivity contribution < 1.29 is 4.74 Å². The highest BCUT2D eigenvalue weighted by molar-refractivity contribution is 5.90. The number of aryl methyl sites for hydroxylation is 1. The maximum atomic E-state index is 5.90. The molecule has 2 aromatic heterocycles. The Morgan fingerprint density at radius 3 is 3.05 bits per heavy atom. The maximum absolute atomic E-state index is 5.90. The van der Waals surface area contributed by atoms with Crippen LogP contribution in [0.2, 0.25) is 0 Å². The zero-order chi connectivity index (χ0) is 15.5. The summed E-state index contributed by atoms with van der Waals surface area (Å²) < 4.78 is 5.90. The Hall–Kier alpha value is -1.62. The molecule has 0 amide bonds. The topological polar surface area (TPSA) is 62.8 Å². The maximum Gasteiger partial charge on any atom is 0.143 e. The third-order valence-electron chi connectivity index (χ3n) is 4.37. The molecule has 2 unspecified atom stereocenters. The van der Waals surface area contributed by atoms with Crippen molar-refractivity contribution in [3.05, 3.63) is 18.1 Å². The van der Waals surface area contributed by atoms with Crippen molar-refractivity contribution in [1.29, 1.82) is 0 Å². The zero-order valence-corrected chi connectivity index (χ0v) is 13.7. The van der Waals surface area contributed by atoms with Crippen molar-refractivity contribution in [2.24, 2.45) is 5.92 Å². The van der Waals surface area contributed by atoms with Gasteiger partial charge in [0.1, 0.15) is 17.8 Å². The minimum atomic E-state index is 0.362. The van der Waals surface area contributed by atoms with Crippen molar-refractivity contribution in [3.63, 3.8) is 0 Å². The Morgan fingerprint density at radius 1 is 1.41 bits per heavy atom. The van der Waals surface area contributed by atoms with E-state index < -0.39 is 0 Å². The first-order valence-corrected chi connectivity index (χ1v) is 8.36. The average molecular weight is 302 g/mol. The molecule has 0 aliphatic carbocycles. The molecule has 3 heterocycles. The third kappa shape index (κ3) is 3.24. The summed E-state index contributed by atoms with van der Waals surface area (Å²) in [5, 5.41) is 4.77. The molecular formula is C17H26N4O. The van der Waals surface area contributed by atoms with Crippen LogP contribution < -0.4 is 5.32 Å². The predicted molar refractivity (Wildman–Crippen MR) is 89.1 cm³/mol. The van der Waals surface area contributed by atoms with Gasteiger partial charge in [-0.2, -0.15) is 0 Å². The van der Waals surface area contributed by atoms with Gasteiger partial charge in [-0.15, -0.1) is 0 Å². The molecule has 0 aromatic carbocycles. The van der Waals surface area contributed by atoms with Crippen LogP contribution in [-0.2, 0) is 11.2 Å². The number of rotatable bonds is 5. The molecule has 1 aliphatic rings. The first-order valence-electron chi connectivity index (χ1n) is 8.36. The van der Waals surface area contributed by atoms with Crippen LogP contribution in [0.3, 0.4) is 0 Å². The molecule has 5 heteroatoms. The van der Waals surface area contributed by atoms with Gasteiger partial charge in [0.05, 0.1) is 11.5 Å². The highest BCUT2D eigenvalue weighted by Crippen LogP contribution is 2.27.